The number of carbonyl (C=O) groups is 1. The number of hydrogen-bond donors (Lipinski definition) is 2. The Morgan fingerprint density at radius 1 is 1.21 bits per heavy atom. The maximum absolute atomic E-state index is 11.7. The minimum absolute atomic E-state index is 0.0435. The summed E-state index contributed by atoms with van der Waals surface area (Å²) in [6, 6.07) is 6.03. The van der Waals surface area contributed by atoms with Crippen LogP contribution in [0.4, 0.5) is 10.5 Å². The molecule has 1 aromatic rings. The van der Waals surface area contributed by atoms with E-state index in [-0.39, 0.29) is 11.0 Å². The summed E-state index contributed by atoms with van der Waals surface area (Å²) in [6.45, 7) is 4.39. The normalized spacial score (nSPS) is 15.1. The predicted octanol–water partition coefficient (Wildman–Crippen LogP) is 0.805. The topological polar surface area (TPSA) is 105 Å². The first-order chi connectivity index (χ1) is 11.3. The lowest BCUT2D eigenvalue weighted by Gasteiger charge is -2.35. The Morgan fingerprint density at radius 3 is 2.25 bits per heavy atom. The Bertz CT molecular complexity index is 698. The number of sulfonamides is 1. The fourth-order valence-corrected chi connectivity index (χ4v) is 3.05. The van der Waals surface area contributed by atoms with Gasteiger partial charge in [0.2, 0.25) is 10.0 Å². The molecule has 0 spiro atoms. The van der Waals surface area contributed by atoms with Crippen LogP contribution >= 0.6 is 12.2 Å². The highest BCUT2D eigenvalue weighted by molar-refractivity contribution is 7.89. The highest BCUT2D eigenvalue weighted by Crippen LogP contribution is 2.14. The van der Waals surface area contributed by atoms with E-state index in [1.54, 1.807) is 24.0 Å². The second-order valence-electron chi connectivity index (χ2n) is 5.17. The largest absolute Gasteiger partial charge is 0.450 e. The molecule has 1 aliphatic rings. The van der Waals surface area contributed by atoms with Gasteiger partial charge in [0.15, 0.2) is 5.11 Å². The van der Waals surface area contributed by atoms with E-state index in [9.17, 15) is 13.2 Å². The van der Waals surface area contributed by atoms with Crippen molar-refractivity contribution in [3.8, 4) is 0 Å². The van der Waals surface area contributed by atoms with Crippen LogP contribution in [0.5, 0.6) is 0 Å². The number of ether oxygens (including phenoxy) is 1. The summed E-state index contributed by atoms with van der Waals surface area (Å²) in [5.41, 5.74) is 0.667. The van der Waals surface area contributed by atoms with Crippen molar-refractivity contribution in [3.05, 3.63) is 24.3 Å². The third kappa shape index (κ3) is 4.79. The molecule has 1 aromatic carbocycles. The number of amides is 1. The molecule has 1 aliphatic heterocycles. The van der Waals surface area contributed by atoms with Crippen molar-refractivity contribution < 1.29 is 17.9 Å². The SMILES string of the molecule is CCOC(=O)N1CCN(C(=S)Nc2ccc(S(N)(=O)=O)cc2)CC1. The van der Waals surface area contributed by atoms with Crippen LogP contribution < -0.4 is 10.5 Å². The van der Waals surface area contributed by atoms with Crippen LogP contribution in [0.1, 0.15) is 6.92 Å². The van der Waals surface area contributed by atoms with E-state index in [1.807, 2.05) is 4.90 Å². The smallest absolute Gasteiger partial charge is 0.409 e. The highest BCUT2D eigenvalue weighted by Gasteiger charge is 2.23. The molecule has 0 radical (unpaired) electrons. The van der Waals surface area contributed by atoms with Crippen LogP contribution in [-0.4, -0.2) is 62.2 Å². The summed E-state index contributed by atoms with van der Waals surface area (Å²) in [5.74, 6) is 0. The minimum Gasteiger partial charge on any atom is -0.450 e. The third-order valence-electron chi connectivity index (χ3n) is 3.53. The van der Waals surface area contributed by atoms with Gasteiger partial charge in [0.25, 0.3) is 0 Å². The lowest BCUT2D eigenvalue weighted by atomic mass is 10.3. The number of primary sulfonamides is 1. The second kappa shape index (κ2) is 7.77. The number of thiocarbonyl (C=S) groups is 1. The predicted molar refractivity (Wildman–Crippen MR) is 94.2 cm³/mol. The van der Waals surface area contributed by atoms with Crippen molar-refractivity contribution in [2.24, 2.45) is 5.14 Å². The molecule has 2 rings (SSSR count). The van der Waals surface area contributed by atoms with Crippen molar-refractivity contribution in [2.45, 2.75) is 11.8 Å². The number of nitrogens with two attached hydrogens (primary N) is 1. The van der Waals surface area contributed by atoms with Gasteiger partial charge in [-0.05, 0) is 43.4 Å². The zero-order valence-electron chi connectivity index (χ0n) is 13.3. The van der Waals surface area contributed by atoms with E-state index in [1.165, 1.54) is 12.1 Å². The fraction of sp³-hybridized carbons (Fsp3) is 0.429. The summed E-state index contributed by atoms with van der Waals surface area (Å²) in [6.07, 6.45) is -0.311. The van der Waals surface area contributed by atoms with E-state index < -0.39 is 10.0 Å². The maximum Gasteiger partial charge on any atom is 0.409 e. The summed E-state index contributed by atoms with van der Waals surface area (Å²) in [5, 5.41) is 8.62. The molecular weight excluding hydrogens is 352 g/mol. The third-order valence-corrected chi connectivity index (χ3v) is 4.82. The van der Waals surface area contributed by atoms with Crippen LogP contribution in [0.3, 0.4) is 0 Å². The molecule has 3 N–H and O–H groups in total. The number of benzene rings is 1. The van der Waals surface area contributed by atoms with Gasteiger partial charge in [0.05, 0.1) is 11.5 Å². The van der Waals surface area contributed by atoms with E-state index in [4.69, 9.17) is 22.1 Å². The molecule has 0 aliphatic carbocycles. The van der Waals surface area contributed by atoms with Crippen LogP contribution in [-0.2, 0) is 14.8 Å². The van der Waals surface area contributed by atoms with Gasteiger partial charge < -0.3 is 19.9 Å². The van der Waals surface area contributed by atoms with Crippen molar-refractivity contribution in [2.75, 3.05) is 38.1 Å². The molecule has 0 aromatic heterocycles. The Kier molecular flexibility index (Phi) is 5.97. The number of rotatable bonds is 3. The number of anilines is 1. The molecule has 0 unspecified atom stereocenters. The molecule has 1 amide bonds. The van der Waals surface area contributed by atoms with Crippen molar-refractivity contribution >= 4 is 39.1 Å². The molecule has 0 saturated carbocycles. The van der Waals surface area contributed by atoms with Gasteiger partial charge in [-0.1, -0.05) is 0 Å². The van der Waals surface area contributed by atoms with Gasteiger partial charge >= 0.3 is 6.09 Å². The first kappa shape index (κ1) is 18.4. The van der Waals surface area contributed by atoms with Gasteiger partial charge in [0, 0.05) is 31.9 Å². The molecular formula is C14H20N4O4S2. The number of nitrogens with zero attached hydrogens (tertiary/aromatic N) is 2. The number of carbonyl (C=O) groups excluding carboxylic acids is 1. The Morgan fingerprint density at radius 2 is 1.75 bits per heavy atom. The van der Waals surface area contributed by atoms with Gasteiger partial charge in [-0.25, -0.2) is 18.4 Å². The maximum atomic E-state index is 11.7. The molecule has 132 valence electrons. The molecule has 24 heavy (non-hydrogen) atoms. The summed E-state index contributed by atoms with van der Waals surface area (Å²) in [7, 11) is -3.71. The summed E-state index contributed by atoms with van der Waals surface area (Å²) in [4.78, 5) is 15.3. The molecule has 10 heteroatoms. The van der Waals surface area contributed by atoms with Crippen LogP contribution in [0.15, 0.2) is 29.2 Å². The Hall–Kier alpha value is -1.91. The van der Waals surface area contributed by atoms with Crippen LogP contribution in [0, 0.1) is 0 Å². The van der Waals surface area contributed by atoms with Crippen molar-refractivity contribution in [1.82, 2.24) is 9.80 Å². The zero-order chi connectivity index (χ0) is 17.7. The van der Waals surface area contributed by atoms with Gasteiger partial charge in [0.1, 0.15) is 0 Å². The molecule has 1 fully saturated rings. The van der Waals surface area contributed by atoms with Gasteiger partial charge in [-0.15, -0.1) is 0 Å². The van der Waals surface area contributed by atoms with E-state index in [2.05, 4.69) is 5.32 Å². The lowest BCUT2D eigenvalue weighted by molar-refractivity contribution is 0.0923. The first-order valence-electron chi connectivity index (χ1n) is 7.41. The standard InChI is InChI=1S/C14H20N4O4S2/c1-2-22-14(19)18-9-7-17(8-10-18)13(23)16-11-3-5-12(6-4-11)24(15,20)21/h3-6H,2,7-10H2,1H3,(H,16,23)(H2,15,20,21). The fourth-order valence-electron chi connectivity index (χ4n) is 2.24. The van der Waals surface area contributed by atoms with Gasteiger partial charge in [-0.2, -0.15) is 0 Å². The number of nitrogens with one attached hydrogen (secondary N) is 1. The summed E-state index contributed by atoms with van der Waals surface area (Å²) >= 11 is 5.35. The first-order valence-corrected chi connectivity index (χ1v) is 9.37. The average molecular weight is 372 g/mol. The van der Waals surface area contributed by atoms with E-state index >= 15 is 0 Å². The summed E-state index contributed by atoms with van der Waals surface area (Å²) < 4.78 is 27.4. The molecule has 1 saturated heterocycles. The van der Waals surface area contributed by atoms with Crippen LogP contribution in [0.2, 0.25) is 0 Å². The molecule has 8 nitrogen and oxygen atoms in total. The number of hydrogen-bond acceptors (Lipinski definition) is 5. The van der Waals surface area contributed by atoms with E-state index in [0.29, 0.717) is 43.6 Å². The lowest BCUT2D eigenvalue weighted by Crippen LogP contribution is -2.51. The quantitative estimate of drug-likeness (QED) is 0.756. The van der Waals surface area contributed by atoms with E-state index in [0.717, 1.165) is 0 Å². The Balaban J connectivity index is 1.89. The van der Waals surface area contributed by atoms with Crippen LogP contribution in [0.25, 0.3) is 0 Å². The molecule has 0 atom stereocenters. The minimum atomic E-state index is -3.71. The Labute approximate surface area is 146 Å². The highest BCUT2D eigenvalue weighted by atomic mass is 32.2. The zero-order valence-corrected chi connectivity index (χ0v) is 14.9. The molecule has 0 bridgehead atoms. The molecule has 1 heterocycles. The van der Waals surface area contributed by atoms with Crippen molar-refractivity contribution in [1.29, 1.82) is 0 Å². The average Bonchev–Trinajstić information content (AvgIpc) is 2.55. The van der Waals surface area contributed by atoms with Crippen molar-refractivity contribution in [3.63, 3.8) is 0 Å². The monoisotopic (exact) mass is 372 g/mol. The van der Waals surface area contributed by atoms with Gasteiger partial charge in [-0.3, -0.25) is 0 Å². The number of piperazine rings is 1. The second-order valence-corrected chi connectivity index (χ2v) is 7.12.